The molecule has 3 aromatic rings. The summed E-state index contributed by atoms with van der Waals surface area (Å²) in [5.74, 6) is -2.08. The van der Waals surface area contributed by atoms with E-state index >= 15 is 0 Å². The van der Waals surface area contributed by atoms with Gasteiger partial charge in [0, 0.05) is 11.8 Å². The number of carbonyl (C=O) groups is 2. The molecule has 1 saturated heterocycles. The molecule has 1 heterocycles. The number of anilines is 1. The van der Waals surface area contributed by atoms with Crippen LogP contribution in [0.15, 0.2) is 72.3 Å². The minimum Gasteiger partial charge on any atom is -0.507 e. The molecule has 3 aromatic carbocycles. The third-order valence-electron chi connectivity index (χ3n) is 5.40. The Kier molecular flexibility index (Phi) is 6.07. The van der Waals surface area contributed by atoms with E-state index in [0.29, 0.717) is 11.3 Å². The van der Waals surface area contributed by atoms with Crippen molar-refractivity contribution in [1.82, 2.24) is 0 Å². The van der Waals surface area contributed by atoms with Gasteiger partial charge in [-0.15, -0.1) is 0 Å². The Labute approximate surface area is 194 Å². The van der Waals surface area contributed by atoms with Crippen molar-refractivity contribution in [2.45, 2.75) is 6.04 Å². The highest BCUT2D eigenvalue weighted by Crippen LogP contribution is 2.44. The van der Waals surface area contributed by atoms with Gasteiger partial charge in [0.05, 0.1) is 36.4 Å². The number of hydrogen-bond donors (Lipinski definition) is 1. The topological polar surface area (TPSA) is 76.1 Å². The molecule has 0 aromatic heterocycles. The average Bonchev–Trinajstić information content (AvgIpc) is 3.11. The van der Waals surface area contributed by atoms with Crippen molar-refractivity contribution in [2.24, 2.45) is 0 Å². The lowest BCUT2D eigenvalue weighted by Gasteiger charge is -2.25. The molecule has 1 N–H and O–H groups in total. The van der Waals surface area contributed by atoms with Gasteiger partial charge in [-0.1, -0.05) is 41.9 Å². The summed E-state index contributed by atoms with van der Waals surface area (Å²) < 4.78 is 24.3. The van der Waals surface area contributed by atoms with E-state index in [2.05, 4.69) is 0 Å². The Morgan fingerprint density at radius 2 is 1.73 bits per heavy atom. The molecule has 0 bridgehead atoms. The lowest BCUT2D eigenvalue weighted by Crippen LogP contribution is -2.29. The maximum absolute atomic E-state index is 13.8. The minimum atomic E-state index is -0.973. The molecule has 4 rings (SSSR count). The van der Waals surface area contributed by atoms with Crippen molar-refractivity contribution in [3.63, 3.8) is 0 Å². The van der Waals surface area contributed by atoms with Crippen LogP contribution in [0.5, 0.6) is 11.5 Å². The number of methoxy groups -OCH3 is 2. The van der Waals surface area contributed by atoms with Gasteiger partial charge < -0.3 is 14.6 Å². The Hall–Kier alpha value is -3.84. The van der Waals surface area contributed by atoms with Crippen LogP contribution >= 0.6 is 11.6 Å². The van der Waals surface area contributed by atoms with Crippen LogP contribution in [0.2, 0.25) is 5.02 Å². The van der Waals surface area contributed by atoms with Crippen LogP contribution in [-0.2, 0) is 9.59 Å². The van der Waals surface area contributed by atoms with Crippen LogP contribution in [-0.4, -0.2) is 31.0 Å². The predicted octanol–water partition coefficient (Wildman–Crippen LogP) is 5.12. The van der Waals surface area contributed by atoms with Gasteiger partial charge in [-0.25, -0.2) is 4.39 Å². The van der Waals surface area contributed by atoms with Gasteiger partial charge in [0.2, 0.25) is 0 Å². The van der Waals surface area contributed by atoms with Crippen LogP contribution in [0, 0.1) is 5.82 Å². The van der Waals surface area contributed by atoms with Gasteiger partial charge in [0.25, 0.3) is 11.7 Å². The Balaban J connectivity index is 1.96. The smallest absolute Gasteiger partial charge is 0.300 e. The maximum atomic E-state index is 13.8. The summed E-state index contributed by atoms with van der Waals surface area (Å²) in [4.78, 5) is 27.5. The fourth-order valence-corrected chi connectivity index (χ4v) is 4.00. The molecule has 1 amide bonds. The number of amides is 1. The number of ketones is 1. The van der Waals surface area contributed by atoms with E-state index in [1.165, 1.54) is 37.3 Å². The summed E-state index contributed by atoms with van der Waals surface area (Å²) in [5.41, 5.74) is 0.883. The van der Waals surface area contributed by atoms with Gasteiger partial charge in [0.1, 0.15) is 23.1 Å². The SMILES string of the molecule is COc1ccc(/C(O)=C2/C(=O)C(=O)N(c3ccc(F)c(Cl)c3)C2c2ccccc2)c(OC)c1. The minimum absolute atomic E-state index is 0.130. The van der Waals surface area contributed by atoms with Crippen molar-refractivity contribution < 1.29 is 28.6 Å². The zero-order valence-electron chi connectivity index (χ0n) is 17.7. The molecule has 0 aliphatic carbocycles. The van der Waals surface area contributed by atoms with Crippen molar-refractivity contribution in [3.05, 3.63) is 94.3 Å². The second-order valence-corrected chi connectivity index (χ2v) is 7.65. The summed E-state index contributed by atoms with van der Waals surface area (Å²) in [6, 6.07) is 16.2. The molecule has 0 radical (unpaired) electrons. The van der Waals surface area contributed by atoms with E-state index < -0.39 is 29.3 Å². The van der Waals surface area contributed by atoms with E-state index in [1.807, 2.05) is 0 Å². The largest absolute Gasteiger partial charge is 0.507 e. The molecule has 1 aliphatic rings. The van der Waals surface area contributed by atoms with Crippen molar-refractivity contribution in [3.8, 4) is 11.5 Å². The summed E-state index contributed by atoms with van der Waals surface area (Å²) in [5, 5.41) is 11.1. The highest BCUT2D eigenvalue weighted by atomic mass is 35.5. The molecule has 8 heteroatoms. The number of aliphatic hydroxyl groups excluding tert-OH is 1. The van der Waals surface area contributed by atoms with E-state index in [0.717, 1.165) is 6.07 Å². The predicted molar refractivity (Wildman–Crippen MR) is 122 cm³/mol. The van der Waals surface area contributed by atoms with E-state index in [9.17, 15) is 19.1 Å². The third-order valence-corrected chi connectivity index (χ3v) is 5.69. The number of ether oxygens (including phenoxy) is 2. The lowest BCUT2D eigenvalue weighted by molar-refractivity contribution is -0.132. The molecular weight excluding hydrogens is 449 g/mol. The Morgan fingerprint density at radius 1 is 1.00 bits per heavy atom. The number of nitrogens with zero attached hydrogens (tertiary/aromatic N) is 1. The molecule has 1 fully saturated rings. The molecule has 0 spiro atoms. The van der Waals surface area contributed by atoms with Crippen molar-refractivity contribution in [1.29, 1.82) is 0 Å². The Morgan fingerprint density at radius 3 is 2.36 bits per heavy atom. The molecule has 33 heavy (non-hydrogen) atoms. The van der Waals surface area contributed by atoms with E-state index in [1.54, 1.807) is 42.5 Å². The number of rotatable bonds is 5. The highest BCUT2D eigenvalue weighted by Gasteiger charge is 2.47. The summed E-state index contributed by atoms with van der Waals surface area (Å²) in [6.45, 7) is 0. The van der Waals surface area contributed by atoms with Crippen LogP contribution in [0.1, 0.15) is 17.2 Å². The number of benzene rings is 3. The first-order chi connectivity index (χ1) is 15.9. The van der Waals surface area contributed by atoms with Gasteiger partial charge in [-0.05, 0) is 35.9 Å². The van der Waals surface area contributed by atoms with Crippen LogP contribution in [0.4, 0.5) is 10.1 Å². The quantitative estimate of drug-likeness (QED) is 0.320. The van der Waals surface area contributed by atoms with Crippen LogP contribution in [0.3, 0.4) is 0 Å². The fraction of sp³-hybridized carbons (Fsp3) is 0.120. The van der Waals surface area contributed by atoms with Crippen molar-refractivity contribution >= 4 is 34.7 Å². The maximum Gasteiger partial charge on any atom is 0.300 e. The number of hydrogen-bond acceptors (Lipinski definition) is 5. The van der Waals surface area contributed by atoms with E-state index in [-0.39, 0.29) is 27.6 Å². The van der Waals surface area contributed by atoms with Gasteiger partial charge in [-0.2, -0.15) is 0 Å². The fourth-order valence-electron chi connectivity index (χ4n) is 3.82. The molecule has 0 saturated carbocycles. The first kappa shape index (κ1) is 22.4. The van der Waals surface area contributed by atoms with Gasteiger partial charge >= 0.3 is 0 Å². The number of Topliss-reactive ketones (excluding diaryl/α,β-unsaturated/α-hetero) is 1. The molecular formula is C25H19ClFNO5. The normalized spacial score (nSPS) is 17.3. The first-order valence-electron chi connectivity index (χ1n) is 9.90. The Bertz CT molecular complexity index is 1280. The van der Waals surface area contributed by atoms with E-state index in [4.69, 9.17) is 21.1 Å². The summed E-state index contributed by atoms with van der Waals surface area (Å²) in [6.07, 6.45) is 0. The molecule has 168 valence electrons. The monoisotopic (exact) mass is 467 g/mol. The highest BCUT2D eigenvalue weighted by molar-refractivity contribution is 6.51. The van der Waals surface area contributed by atoms with Gasteiger partial charge in [0.15, 0.2) is 0 Å². The number of halogens is 2. The molecule has 6 nitrogen and oxygen atoms in total. The number of aliphatic hydroxyl groups is 1. The van der Waals surface area contributed by atoms with Crippen LogP contribution in [0.25, 0.3) is 5.76 Å². The second kappa shape index (κ2) is 8.96. The first-order valence-corrected chi connectivity index (χ1v) is 10.3. The van der Waals surface area contributed by atoms with Gasteiger partial charge in [-0.3, -0.25) is 14.5 Å². The zero-order valence-corrected chi connectivity index (χ0v) is 18.5. The number of carbonyl (C=O) groups excluding carboxylic acids is 2. The standard InChI is InChI=1S/C25H19ClFNO5/c1-32-16-9-10-17(20(13-16)33-2)23(29)21-22(14-6-4-3-5-7-14)28(25(31)24(21)30)15-8-11-19(27)18(26)12-15/h3-13,22,29H,1-2H3/b23-21-. The summed E-state index contributed by atoms with van der Waals surface area (Å²) in [7, 11) is 2.91. The van der Waals surface area contributed by atoms with Crippen molar-refractivity contribution in [2.75, 3.05) is 19.1 Å². The third kappa shape index (κ3) is 3.91. The zero-order chi connectivity index (χ0) is 23.7. The van der Waals surface area contributed by atoms with Crippen LogP contribution < -0.4 is 14.4 Å². The summed E-state index contributed by atoms with van der Waals surface area (Å²) >= 11 is 5.95. The average molecular weight is 468 g/mol. The second-order valence-electron chi connectivity index (χ2n) is 7.24. The molecule has 1 aliphatic heterocycles. The molecule has 1 atom stereocenters. The molecule has 1 unspecified atom stereocenters. The lowest BCUT2D eigenvalue weighted by atomic mass is 9.95.